The molecule has 64 valence electrons. The van der Waals surface area contributed by atoms with Crippen molar-refractivity contribution in [2.45, 2.75) is 25.4 Å². The Morgan fingerprint density at radius 1 is 1.73 bits per heavy atom. The van der Waals surface area contributed by atoms with E-state index in [4.69, 9.17) is 11.6 Å². The van der Waals surface area contributed by atoms with E-state index in [1.165, 1.54) is 6.42 Å². The molecule has 0 radical (unpaired) electrons. The number of unbranched alkanes of at least 4 members (excludes halogenated alkanes) is 1. The summed E-state index contributed by atoms with van der Waals surface area (Å²) < 4.78 is 1.86. The van der Waals surface area contributed by atoms with Gasteiger partial charge >= 0.3 is 0 Å². The highest BCUT2D eigenvalue weighted by atomic mass is 127. The van der Waals surface area contributed by atoms with E-state index in [0.29, 0.717) is 0 Å². The van der Waals surface area contributed by atoms with E-state index in [9.17, 15) is 0 Å². The van der Waals surface area contributed by atoms with Crippen LogP contribution in [0.4, 0.5) is 0 Å². The van der Waals surface area contributed by atoms with Gasteiger partial charge in [0.05, 0.1) is 22.9 Å². The van der Waals surface area contributed by atoms with Crippen molar-refractivity contribution in [3.63, 3.8) is 0 Å². The van der Waals surface area contributed by atoms with E-state index >= 15 is 0 Å². The highest BCUT2D eigenvalue weighted by Gasteiger charge is 2.22. The average molecular weight is 288 g/mol. The Morgan fingerprint density at radius 2 is 2.45 bits per heavy atom. The SMILES string of the molecule is CCCCN1N=CN(I)C1Cl. The maximum atomic E-state index is 5.98. The largest absolute Gasteiger partial charge is 0.267 e. The van der Waals surface area contributed by atoms with Crippen molar-refractivity contribution in [1.82, 2.24) is 8.12 Å². The van der Waals surface area contributed by atoms with Gasteiger partial charge in [0, 0.05) is 6.54 Å². The Hall–Kier alpha value is 0.290. The molecule has 0 fully saturated rings. The molecule has 0 bridgehead atoms. The van der Waals surface area contributed by atoms with Crippen LogP contribution in [0.1, 0.15) is 19.8 Å². The first kappa shape index (κ1) is 9.38. The second-order valence-corrected chi connectivity index (χ2v) is 3.91. The summed E-state index contributed by atoms with van der Waals surface area (Å²) in [4.78, 5) is 0. The summed E-state index contributed by atoms with van der Waals surface area (Å²) in [6.45, 7) is 3.10. The molecule has 0 aromatic carbocycles. The molecule has 1 aliphatic rings. The summed E-state index contributed by atoms with van der Waals surface area (Å²) in [6, 6.07) is 0. The predicted molar refractivity (Wildman–Crippen MR) is 55.6 cm³/mol. The van der Waals surface area contributed by atoms with Crippen LogP contribution >= 0.6 is 34.5 Å². The Balaban J connectivity index is 2.31. The van der Waals surface area contributed by atoms with Crippen molar-refractivity contribution < 1.29 is 0 Å². The number of rotatable bonds is 3. The van der Waals surface area contributed by atoms with Gasteiger partial charge in [-0.25, -0.2) is 0 Å². The molecule has 1 unspecified atom stereocenters. The third-order valence-corrected chi connectivity index (χ3v) is 3.04. The highest BCUT2D eigenvalue weighted by Crippen LogP contribution is 2.19. The summed E-state index contributed by atoms with van der Waals surface area (Å²) >= 11 is 8.12. The van der Waals surface area contributed by atoms with Crippen molar-refractivity contribution >= 4 is 40.8 Å². The first-order valence-corrected chi connectivity index (χ1v) is 5.04. The van der Waals surface area contributed by atoms with Crippen LogP contribution < -0.4 is 0 Å². The van der Waals surface area contributed by atoms with Crippen LogP contribution in [0.3, 0.4) is 0 Å². The van der Waals surface area contributed by atoms with E-state index in [1.807, 2.05) is 8.12 Å². The summed E-state index contributed by atoms with van der Waals surface area (Å²) in [5, 5.41) is 6.02. The van der Waals surface area contributed by atoms with E-state index in [2.05, 4.69) is 34.9 Å². The Labute approximate surface area is 85.9 Å². The van der Waals surface area contributed by atoms with Crippen LogP contribution in [0.5, 0.6) is 0 Å². The van der Waals surface area contributed by atoms with Crippen LogP contribution in [-0.2, 0) is 0 Å². The van der Waals surface area contributed by atoms with Crippen LogP contribution in [0.25, 0.3) is 0 Å². The molecular formula is C6H11ClIN3. The maximum Gasteiger partial charge on any atom is 0.204 e. The lowest BCUT2D eigenvalue weighted by molar-refractivity contribution is 0.250. The number of hydrazone groups is 1. The monoisotopic (exact) mass is 287 g/mol. The molecule has 0 spiro atoms. The van der Waals surface area contributed by atoms with Gasteiger partial charge in [-0.05, 0) is 6.42 Å². The number of alkyl halides is 1. The summed E-state index contributed by atoms with van der Waals surface area (Å²) in [7, 11) is 0. The molecule has 11 heavy (non-hydrogen) atoms. The molecule has 1 rings (SSSR count). The zero-order valence-electron chi connectivity index (χ0n) is 6.37. The highest BCUT2D eigenvalue weighted by molar-refractivity contribution is 14.1. The molecular weight excluding hydrogens is 276 g/mol. The fraction of sp³-hybridized carbons (Fsp3) is 0.833. The molecule has 0 saturated heterocycles. The zero-order chi connectivity index (χ0) is 8.27. The fourth-order valence-electron chi connectivity index (χ4n) is 0.837. The zero-order valence-corrected chi connectivity index (χ0v) is 9.29. The predicted octanol–water partition coefficient (Wildman–Crippen LogP) is 2.22. The van der Waals surface area contributed by atoms with Crippen molar-refractivity contribution in [2.24, 2.45) is 5.10 Å². The van der Waals surface area contributed by atoms with E-state index in [-0.39, 0.29) is 5.62 Å². The van der Waals surface area contributed by atoms with Crippen LogP contribution in [-0.4, -0.2) is 26.6 Å². The topological polar surface area (TPSA) is 18.8 Å². The van der Waals surface area contributed by atoms with Gasteiger partial charge in [-0.3, -0.25) is 8.12 Å². The lowest BCUT2D eigenvalue weighted by Gasteiger charge is -2.20. The van der Waals surface area contributed by atoms with E-state index in [0.717, 1.165) is 13.0 Å². The number of nitrogens with zero attached hydrogens (tertiary/aromatic N) is 3. The maximum absolute atomic E-state index is 5.98. The van der Waals surface area contributed by atoms with Crippen LogP contribution in [0, 0.1) is 0 Å². The standard InChI is InChI=1S/C6H11ClIN3/c1-2-3-4-11-6(7)10(8)5-9-11/h5-6H,2-4H2,1H3. The van der Waals surface area contributed by atoms with E-state index in [1.54, 1.807) is 6.34 Å². The van der Waals surface area contributed by atoms with Gasteiger partial charge in [-0.15, -0.1) is 0 Å². The normalized spacial score (nSPS) is 23.4. The van der Waals surface area contributed by atoms with Gasteiger partial charge in [-0.2, -0.15) is 5.10 Å². The number of halogens is 2. The number of hydrogen-bond acceptors (Lipinski definition) is 3. The van der Waals surface area contributed by atoms with Crippen molar-refractivity contribution in [3.8, 4) is 0 Å². The molecule has 5 heteroatoms. The van der Waals surface area contributed by atoms with Crippen LogP contribution in [0.2, 0.25) is 0 Å². The van der Waals surface area contributed by atoms with Gasteiger partial charge in [0.2, 0.25) is 5.62 Å². The van der Waals surface area contributed by atoms with Crippen molar-refractivity contribution in [1.29, 1.82) is 0 Å². The molecule has 3 nitrogen and oxygen atoms in total. The molecule has 0 aliphatic carbocycles. The summed E-state index contributed by atoms with van der Waals surface area (Å²) in [5.74, 6) is 0. The second-order valence-electron chi connectivity index (χ2n) is 2.40. The average Bonchev–Trinajstić information content (AvgIpc) is 2.31. The third-order valence-electron chi connectivity index (χ3n) is 1.50. The summed E-state index contributed by atoms with van der Waals surface area (Å²) in [6.07, 6.45) is 4.07. The Morgan fingerprint density at radius 3 is 2.91 bits per heavy atom. The smallest absolute Gasteiger partial charge is 0.204 e. The first-order chi connectivity index (χ1) is 5.25. The molecule has 0 saturated carbocycles. The van der Waals surface area contributed by atoms with Gasteiger partial charge in [-0.1, -0.05) is 24.9 Å². The van der Waals surface area contributed by atoms with Crippen molar-refractivity contribution in [2.75, 3.05) is 6.54 Å². The molecule has 1 heterocycles. The molecule has 0 N–H and O–H groups in total. The molecule has 0 aromatic rings. The fourth-order valence-corrected chi connectivity index (χ4v) is 1.43. The number of hydrogen-bond donors (Lipinski definition) is 0. The molecule has 0 aromatic heterocycles. The van der Waals surface area contributed by atoms with E-state index < -0.39 is 0 Å². The lowest BCUT2D eigenvalue weighted by atomic mass is 10.3. The molecule has 0 amide bonds. The third kappa shape index (κ3) is 2.37. The molecule has 1 aliphatic heterocycles. The minimum atomic E-state index is -0.0952. The van der Waals surface area contributed by atoms with Gasteiger partial charge in [0.1, 0.15) is 6.34 Å². The van der Waals surface area contributed by atoms with Gasteiger partial charge in [0.25, 0.3) is 0 Å². The Bertz CT molecular complexity index is 153. The molecule has 1 atom stereocenters. The minimum Gasteiger partial charge on any atom is -0.267 e. The Kier molecular flexibility index (Phi) is 3.71. The summed E-state index contributed by atoms with van der Waals surface area (Å²) in [5.41, 5.74) is -0.0952. The quantitative estimate of drug-likeness (QED) is 0.343. The van der Waals surface area contributed by atoms with Gasteiger partial charge < -0.3 is 0 Å². The van der Waals surface area contributed by atoms with Gasteiger partial charge in [0.15, 0.2) is 0 Å². The van der Waals surface area contributed by atoms with Crippen LogP contribution in [0.15, 0.2) is 5.10 Å². The lowest BCUT2D eigenvalue weighted by Crippen LogP contribution is -2.29. The first-order valence-electron chi connectivity index (χ1n) is 3.64. The minimum absolute atomic E-state index is 0.0952. The second kappa shape index (κ2) is 4.35. The van der Waals surface area contributed by atoms with Crippen molar-refractivity contribution in [3.05, 3.63) is 0 Å².